The van der Waals surface area contributed by atoms with E-state index in [-0.39, 0.29) is 17.3 Å². The van der Waals surface area contributed by atoms with Crippen LogP contribution in [0.1, 0.15) is 18.5 Å². The highest BCUT2D eigenvalue weighted by Crippen LogP contribution is 2.26. The lowest BCUT2D eigenvalue weighted by Crippen LogP contribution is -2.46. The molecule has 3 heterocycles. The van der Waals surface area contributed by atoms with Crippen molar-refractivity contribution in [3.63, 3.8) is 0 Å². The van der Waals surface area contributed by atoms with Gasteiger partial charge in [-0.2, -0.15) is 0 Å². The van der Waals surface area contributed by atoms with Crippen molar-refractivity contribution >= 4 is 21.4 Å². The summed E-state index contributed by atoms with van der Waals surface area (Å²) in [7, 11) is -2.03. The van der Waals surface area contributed by atoms with E-state index in [0.29, 0.717) is 24.4 Å². The molecule has 4 rings (SSSR count). The number of hydrogen-bond donors (Lipinski definition) is 1. The summed E-state index contributed by atoms with van der Waals surface area (Å²) in [4.78, 5) is 4.84. The molecule has 2 aliphatic rings. The summed E-state index contributed by atoms with van der Waals surface area (Å²) in [5, 5.41) is 12.8. The second-order valence-electron chi connectivity index (χ2n) is 8.00. The molecule has 1 aromatic heterocycles. The second kappa shape index (κ2) is 8.97. The molecule has 8 nitrogen and oxygen atoms in total. The Kier molecular flexibility index (Phi) is 6.31. The third-order valence-electron chi connectivity index (χ3n) is 6.11. The summed E-state index contributed by atoms with van der Waals surface area (Å²) in [5.74, 6) is -0.223. The number of anilines is 1. The maximum atomic E-state index is 13.1. The van der Waals surface area contributed by atoms with Gasteiger partial charge in [0.2, 0.25) is 10.0 Å². The van der Waals surface area contributed by atoms with E-state index in [1.54, 1.807) is 19.3 Å². The van der Waals surface area contributed by atoms with Crippen LogP contribution in [-0.4, -0.2) is 79.4 Å². The third-order valence-corrected chi connectivity index (χ3v) is 8.00. The Bertz CT molecular complexity index is 1040. The van der Waals surface area contributed by atoms with E-state index in [1.807, 2.05) is 16.7 Å². The number of benzene rings is 1. The molecule has 2 aromatic rings. The number of aryl methyl sites for hydroxylation is 1. The molecule has 0 unspecified atom stereocenters. The molecular weight excluding hydrogens is 421 g/mol. The first kappa shape index (κ1) is 21.8. The molecule has 0 radical (unpaired) electrons. The largest absolute Gasteiger partial charge is 0.411 e. The monoisotopic (exact) mass is 449 g/mol. The lowest BCUT2D eigenvalue weighted by atomic mass is 10.2. The van der Waals surface area contributed by atoms with Gasteiger partial charge in [-0.1, -0.05) is 5.16 Å². The molecular formula is C21H28FN5O3S. The van der Waals surface area contributed by atoms with E-state index in [2.05, 4.69) is 15.0 Å². The number of aromatic nitrogens is 1. The number of fused-ring (bicyclic) bond motifs is 1. The molecule has 2 aliphatic heterocycles. The molecule has 0 atom stereocenters. The SMILES string of the molecule is CN1CC/C(=N/O)c2c(ccn2CCCN2CCN(c3ccc(F)cc3)CC2)S1(=O)=O. The topological polar surface area (TPSA) is 81.4 Å². The van der Waals surface area contributed by atoms with E-state index in [0.717, 1.165) is 44.8 Å². The molecule has 0 spiro atoms. The van der Waals surface area contributed by atoms with Gasteiger partial charge in [-0.3, -0.25) is 4.90 Å². The van der Waals surface area contributed by atoms with Crippen LogP contribution in [0, 0.1) is 5.82 Å². The van der Waals surface area contributed by atoms with Crippen LogP contribution in [0.25, 0.3) is 0 Å². The zero-order valence-electron chi connectivity index (χ0n) is 17.6. The Morgan fingerprint density at radius 1 is 1.03 bits per heavy atom. The number of sulfonamides is 1. The minimum Gasteiger partial charge on any atom is -0.411 e. The summed E-state index contributed by atoms with van der Waals surface area (Å²) in [6.07, 6.45) is 2.99. The molecule has 0 amide bonds. The van der Waals surface area contributed by atoms with Gasteiger partial charge in [-0.25, -0.2) is 17.1 Å². The summed E-state index contributed by atoms with van der Waals surface area (Å²) >= 11 is 0. The van der Waals surface area contributed by atoms with Crippen LogP contribution in [0.4, 0.5) is 10.1 Å². The van der Waals surface area contributed by atoms with Gasteiger partial charge in [0.25, 0.3) is 0 Å². The maximum Gasteiger partial charge on any atom is 0.245 e. The highest BCUT2D eigenvalue weighted by Gasteiger charge is 2.32. The Labute approximate surface area is 182 Å². The normalized spacial score (nSPS) is 21.2. The van der Waals surface area contributed by atoms with Crippen molar-refractivity contribution in [1.82, 2.24) is 13.8 Å². The standard InChI is InChI=1S/C21H28FN5O3S/c1-24-11-7-19(23-28)21-20(31(24,29)30)8-12-27(21)10-2-9-25-13-15-26(16-14-25)18-5-3-17(22)4-6-18/h3-6,8,12,28H,2,7,9-11,13-16H2,1H3/b23-19-. The van der Waals surface area contributed by atoms with Crippen molar-refractivity contribution in [3.05, 3.63) is 48.0 Å². The Morgan fingerprint density at radius 3 is 2.42 bits per heavy atom. The van der Waals surface area contributed by atoms with Crippen molar-refractivity contribution in [2.24, 2.45) is 5.16 Å². The van der Waals surface area contributed by atoms with E-state index >= 15 is 0 Å². The molecule has 1 aromatic carbocycles. The zero-order chi connectivity index (χ0) is 22.0. The first-order valence-corrected chi connectivity index (χ1v) is 11.9. The summed E-state index contributed by atoms with van der Waals surface area (Å²) in [6.45, 7) is 5.43. The fraction of sp³-hybridized carbons (Fsp3) is 0.476. The summed E-state index contributed by atoms with van der Waals surface area (Å²) in [6, 6.07) is 8.20. The van der Waals surface area contributed by atoms with Gasteiger partial charge in [0.1, 0.15) is 16.4 Å². The lowest BCUT2D eigenvalue weighted by Gasteiger charge is -2.36. The lowest BCUT2D eigenvalue weighted by molar-refractivity contribution is 0.250. The van der Waals surface area contributed by atoms with Crippen LogP contribution in [0.15, 0.2) is 46.6 Å². The van der Waals surface area contributed by atoms with Gasteiger partial charge in [0, 0.05) is 64.6 Å². The number of nitrogens with zero attached hydrogens (tertiary/aromatic N) is 5. The number of oxime groups is 1. The van der Waals surface area contributed by atoms with Crippen LogP contribution in [0.2, 0.25) is 0 Å². The molecule has 0 aliphatic carbocycles. The third kappa shape index (κ3) is 4.46. The first-order chi connectivity index (χ1) is 14.9. The predicted molar refractivity (Wildman–Crippen MR) is 117 cm³/mol. The van der Waals surface area contributed by atoms with Crippen LogP contribution >= 0.6 is 0 Å². The molecule has 1 saturated heterocycles. The molecule has 0 saturated carbocycles. The predicted octanol–water partition coefficient (Wildman–Crippen LogP) is 2.04. The van der Waals surface area contributed by atoms with Crippen LogP contribution in [-0.2, 0) is 16.6 Å². The van der Waals surface area contributed by atoms with Gasteiger partial charge in [0.05, 0.1) is 5.69 Å². The minimum absolute atomic E-state index is 0.202. The van der Waals surface area contributed by atoms with Crippen molar-refractivity contribution in [2.45, 2.75) is 24.3 Å². The highest BCUT2D eigenvalue weighted by molar-refractivity contribution is 7.89. The molecule has 168 valence electrons. The van der Waals surface area contributed by atoms with Gasteiger partial charge in [0.15, 0.2) is 0 Å². The van der Waals surface area contributed by atoms with Crippen molar-refractivity contribution < 1.29 is 18.0 Å². The van der Waals surface area contributed by atoms with E-state index in [4.69, 9.17) is 0 Å². The van der Waals surface area contributed by atoms with E-state index < -0.39 is 10.0 Å². The second-order valence-corrected chi connectivity index (χ2v) is 10.0. The minimum atomic E-state index is -3.58. The Morgan fingerprint density at radius 2 is 1.74 bits per heavy atom. The maximum absolute atomic E-state index is 13.1. The smallest absolute Gasteiger partial charge is 0.245 e. The summed E-state index contributed by atoms with van der Waals surface area (Å²) < 4.78 is 41.8. The average Bonchev–Trinajstić information content (AvgIpc) is 3.16. The molecule has 1 fully saturated rings. The van der Waals surface area contributed by atoms with Crippen molar-refractivity contribution in [2.75, 3.05) is 51.2 Å². The first-order valence-electron chi connectivity index (χ1n) is 10.5. The molecule has 1 N–H and O–H groups in total. The molecule has 31 heavy (non-hydrogen) atoms. The number of piperazine rings is 1. The van der Waals surface area contributed by atoms with Crippen LogP contribution in [0.5, 0.6) is 0 Å². The van der Waals surface area contributed by atoms with Gasteiger partial charge >= 0.3 is 0 Å². The van der Waals surface area contributed by atoms with E-state index in [1.165, 1.54) is 16.4 Å². The van der Waals surface area contributed by atoms with Gasteiger partial charge in [-0.15, -0.1) is 0 Å². The fourth-order valence-corrected chi connectivity index (χ4v) is 5.65. The average molecular weight is 450 g/mol. The molecule has 10 heteroatoms. The van der Waals surface area contributed by atoms with E-state index in [9.17, 15) is 18.0 Å². The van der Waals surface area contributed by atoms with Crippen molar-refractivity contribution in [3.8, 4) is 0 Å². The van der Waals surface area contributed by atoms with Crippen LogP contribution in [0.3, 0.4) is 0 Å². The zero-order valence-corrected chi connectivity index (χ0v) is 18.4. The quantitative estimate of drug-likeness (QED) is 0.558. The highest BCUT2D eigenvalue weighted by atomic mass is 32.2. The van der Waals surface area contributed by atoms with Gasteiger partial charge < -0.3 is 14.7 Å². The van der Waals surface area contributed by atoms with Gasteiger partial charge in [-0.05, 0) is 43.3 Å². The fourth-order valence-electron chi connectivity index (χ4n) is 4.27. The summed E-state index contributed by atoms with van der Waals surface area (Å²) in [5.41, 5.74) is 1.94. The Balaban J connectivity index is 1.36. The van der Waals surface area contributed by atoms with Crippen LogP contribution < -0.4 is 4.90 Å². The van der Waals surface area contributed by atoms with Crippen molar-refractivity contribution in [1.29, 1.82) is 0 Å². The number of halogens is 1. The number of hydrogen-bond acceptors (Lipinski definition) is 6. The molecule has 0 bridgehead atoms. The Hall–Kier alpha value is -2.43. The number of rotatable bonds is 5.